The zero-order valence-electron chi connectivity index (χ0n) is 12.8. The molecule has 0 spiro atoms. The number of rotatable bonds is 3. The Kier molecular flexibility index (Phi) is 3.66. The summed E-state index contributed by atoms with van der Waals surface area (Å²) in [6.07, 6.45) is 1.81. The molecule has 0 aliphatic rings. The molecule has 0 aliphatic heterocycles. The Labute approximate surface area is 143 Å². The smallest absolute Gasteiger partial charge is 0.224 e. The van der Waals surface area contributed by atoms with Gasteiger partial charge in [-0.1, -0.05) is 30.3 Å². The monoisotopic (exact) mass is 333 g/mol. The van der Waals surface area contributed by atoms with E-state index >= 15 is 0 Å². The first-order valence-corrected chi connectivity index (χ1v) is 8.47. The summed E-state index contributed by atoms with van der Waals surface area (Å²) >= 11 is 1.76. The average Bonchev–Trinajstić information content (AvgIpc) is 2.60. The molecule has 0 fully saturated rings. The number of pyridine rings is 1. The van der Waals surface area contributed by atoms with E-state index in [1.165, 1.54) is 15.7 Å². The molecule has 2 heterocycles. The van der Waals surface area contributed by atoms with Crippen LogP contribution in [0.5, 0.6) is 0 Å². The third-order valence-corrected chi connectivity index (χ3v) is 4.85. The van der Waals surface area contributed by atoms with Gasteiger partial charge in [-0.25, -0.2) is 4.98 Å². The van der Waals surface area contributed by atoms with Crippen molar-refractivity contribution in [3.05, 3.63) is 60.3 Å². The van der Waals surface area contributed by atoms with E-state index in [4.69, 9.17) is 11.5 Å². The van der Waals surface area contributed by atoms with Gasteiger partial charge in [-0.2, -0.15) is 9.97 Å². The van der Waals surface area contributed by atoms with E-state index in [0.717, 1.165) is 16.7 Å². The average molecular weight is 333 g/mol. The molecular formula is C18H15N5S. The number of anilines is 2. The van der Waals surface area contributed by atoms with E-state index in [1.54, 1.807) is 11.8 Å². The number of hydrogen-bond acceptors (Lipinski definition) is 6. The fourth-order valence-corrected chi connectivity index (χ4v) is 3.46. The number of thioether (sulfide) groups is 1. The Hall–Kier alpha value is -2.86. The summed E-state index contributed by atoms with van der Waals surface area (Å²) in [5.41, 5.74) is 13.1. The normalized spacial score (nSPS) is 11.2. The highest BCUT2D eigenvalue weighted by Gasteiger charge is 2.06. The molecular weight excluding hydrogens is 318 g/mol. The maximum Gasteiger partial charge on any atom is 0.224 e. The number of nitrogen functional groups attached to an aromatic ring is 2. The third-order valence-electron chi connectivity index (χ3n) is 3.78. The standard InChI is InChI=1S/C18H15N5S/c19-16-15-7-11(9-21-17(15)23-18(20)22-16)10-24-14-6-5-12-3-1-2-4-13(12)8-14/h1-9H,10H2,(H4,19,20,21,22,23). The Morgan fingerprint density at radius 2 is 1.75 bits per heavy atom. The summed E-state index contributed by atoms with van der Waals surface area (Å²) in [6, 6.07) is 16.8. The fourth-order valence-electron chi connectivity index (χ4n) is 2.60. The lowest BCUT2D eigenvalue weighted by Gasteiger charge is -2.06. The van der Waals surface area contributed by atoms with Crippen molar-refractivity contribution in [2.45, 2.75) is 10.6 Å². The van der Waals surface area contributed by atoms with Gasteiger partial charge in [0.1, 0.15) is 5.82 Å². The van der Waals surface area contributed by atoms with E-state index in [9.17, 15) is 0 Å². The SMILES string of the molecule is Nc1nc(N)c2cc(CSc3ccc4ccccc4c3)cnc2n1. The predicted octanol–water partition coefficient (Wildman–Crippen LogP) is 3.63. The van der Waals surface area contributed by atoms with E-state index in [2.05, 4.69) is 57.4 Å². The molecule has 0 atom stereocenters. The van der Waals surface area contributed by atoms with Crippen molar-refractivity contribution in [1.82, 2.24) is 15.0 Å². The maximum atomic E-state index is 5.92. The molecule has 2 aromatic heterocycles. The predicted molar refractivity (Wildman–Crippen MR) is 99.7 cm³/mol. The van der Waals surface area contributed by atoms with Crippen molar-refractivity contribution < 1.29 is 0 Å². The first kappa shape index (κ1) is 14.7. The van der Waals surface area contributed by atoms with Crippen molar-refractivity contribution in [2.75, 3.05) is 11.5 Å². The Balaban J connectivity index is 1.59. The summed E-state index contributed by atoms with van der Waals surface area (Å²) in [4.78, 5) is 13.7. The summed E-state index contributed by atoms with van der Waals surface area (Å²) in [7, 11) is 0. The first-order valence-electron chi connectivity index (χ1n) is 7.48. The number of benzene rings is 2. The molecule has 0 aliphatic carbocycles. The zero-order chi connectivity index (χ0) is 16.5. The molecule has 0 amide bonds. The molecule has 4 rings (SSSR count). The molecule has 5 nitrogen and oxygen atoms in total. The lowest BCUT2D eigenvalue weighted by atomic mass is 10.1. The number of nitrogens with two attached hydrogens (primary N) is 2. The van der Waals surface area contributed by atoms with Crippen LogP contribution in [0, 0.1) is 0 Å². The van der Waals surface area contributed by atoms with Crippen molar-refractivity contribution in [3.8, 4) is 0 Å². The van der Waals surface area contributed by atoms with Crippen LogP contribution < -0.4 is 11.5 Å². The first-order chi connectivity index (χ1) is 11.7. The van der Waals surface area contributed by atoms with Crippen LogP contribution in [-0.4, -0.2) is 15.0 Å². The molecule has 0 radical (unpaired) electrons. The van der Waals surface area contributed by atoms with Crippen LogP contribution in [0.15, 0.2) is 59.6 Å². The van der Waals surface area contributed by atoms with Gasteiger partial charge in [-0.3, -0.25) is 0 Å². The van der Waals surface area contributed by atoms with Gasteiger partial charge < -0.3 is 11.5 Å². The van der Waals surface area contributed by atoms with Gasteiger partial charge in [-0.05, 0) is 34.5 Å². The van der Waals surface area contributed by atoms with Crippen molar-refractivity contribution >= 4 is 45.3 Å². The maximum absolute atomic E-state index is 5.92. The van der Waals surface area contributed by atoms with Gasteiger partial charge in [-0.15, -0.1) is 11.8 Å². The lowest BCUT2D eigenvalue weighted by molar-refractivity contribution is 1.19. The molecule has 0 saturated carbocycles. The van der Waals surface area contributed by atoms with Crippen LogP contribution >= 0.6 is 11.8 Å². The van der Waals surface area contributed by atoms with Gasteiger partial charge in [0.2, 0.25) is 5.95 Å². The minimum absolute atomic E-state index is 0.144. The summed E-state index contributed by atoms with van der Waals surface area (Å²) in [5, 5.41) is 3.23. The van der Waals surface area contributed by atoms with Gasteiger partial charge in [0.25, 0.3) is 0 Å². The topological polar surface area (TPSA) is 90.7 Å². The Bertz CT molecular complexity index is 1050. The zero-order valence-corrected chi connectivity index (χ0v) is 13.6. The number of fused-ring (bicyclic) bond motifs is 2. The second-order valence-corrected chi connectivity index (χ2v) is 6.53. The highest BCUT2D eigenvalue weighted by molar-refractivity contribution is 7.98. The fraction of sp³-hybridized carbons (Fsp3) is 0.0556. The van der Waals surface area contributed by atoms with Crippen molar-refractivity contribution in [1.29, 1.82) is 0 Å². The van der Waals surface area contributed by atoms with E-state index in [-0.39, 0.29) is 5.95 Å². The quantitative estimate of drug-likeness (QED) is 0.556. The minimum atomic E-state index is 0.144. The third kappa shape index (κ3) is 2.83. The summed E-state index contributed by atoms with van der Waals surface area (Å²) < 4.78 is 0. The van der Waals surface area contributed by atoms with E-state index in [0.29, 0.717) is 11.5 Å². The molecule has 24 heavy (non-hydrogen) atoms. The van der Waals surface area contributed by atoms with Gasteiger partial charge in [0, 0.05) is 16.8 Å². The van der Waals surface area contributed by atoms with Gasteiger partial charge in [0.05, 0.1) is 5.39 Å². The molecule has 118 valence electrons. The second-order valence-electron chi connectivity index (χ2n) is 5.48. The Morgan fingerprint density at radius 1 is 0.917 bits per heavy atom. The van der Waals surface area contributed by atoms with Crippen LogP contribution in [0.2, 0.25) is 0 Å². The number of aromatic nitrogens is 3. The minimum Gasteiger partial charge on any atom is -0.383 e. The van der Waals surface area contributed by atoms with E-state index < -0.39 is 0 Å². The Morgan fingerprint density at radius 3 is 2.62 bits per heavy atom. The number of hydrogen-bond donors (Lipinski definition) is 2. The second kappa shape index (κ2) is 5.98. The molecule has 2 aromatic carbocycles. The van der Waals surface area contributed by atoms with Crippen LogP contribution in [0.1, 0.15) is 5.56 Å². The van der Waals surface area contributed by atoms with Crippen LogP contribution in [0.25, 0.3) is 21.8 Å². The van der Waals surface area contributed by atoms with Crippen LogP contribution in [0.3, 0.4) is 0 Å². The van der Waals surface area contributed by atoms with E-state index in [1.807, 2.05) is 12.3 Å². The van der Waals surface area contributed by atoms with Gasteiger partial charge in [0.15, 0.2) is 5.65 Å². The summed E-state index contributed by atoms with van der Waals surface area (Å²) in [6.45, 7) is 0. The molecule has 6 heteroatoms. The summed E-state index contributed by atoms with van der Waals surface area (Å²) in [5.74, 6) is 1.30. The largest absolute Gasteiger partial charge is 0.383 e. The number of nitrogens with zero attached hydrogens (tertiary/aromatic N) is 3. The molecule has 0 bridgehead atoms. The lowest BCUT2D eigenvalue weighted by Crippen LogP contribution is -2.02. The van der Waals surface area contributed by atoms with Crippen molar-refractivity contribution in [3.63, 3.8) is 0 Å². The highest BCUT2D eigenvalue weighted by atomic mass is 32.2. The highest BCUT2D eigenvalue weighted by Crippen LogP contribution is 2.27. The van der Waals surface area contributed by atoms with Crippen LogP contribution in [0.4, 0.5) is 11.8 Å². The molecule has 4 N–H and O–H groups in total. The molecule has 0 unspecified atom stereocenters. The van der Waals surface area contributed by atoms with Gasteiger partial charge >= 0.3 is 0 Å². The van der Waals surface area contributed by atoms with Crippen LogP contribution in [-0.2, 0) is 5.75 Å². The molecule has 0 saturated heterocycles. The van der Waals surface area contributed by atoms with Crippen molar-refractivity contribution in [2.24, 2.45) is 0 Å². The molecule has 4 aromatic rings.